The molecule has 0 radical (unpaired) electrons. The molecular formula is C14H11F4NO. The summed E-state index contributed by atoms with van der Waals surface area (Å²) in [6.45, 7) is -1.16. The van der Waals surface area contributed by atoms with Crippen LogP contribution in [0.5, 0.6) is 5.75 Å². The van der Waals surface area contributed by atoms with Crippen LogP contribution >= 0.6 is 0 Å². The topological polar surface area (TPSA) is 35.2 Å². The van der Waals surface area contributed by atoms with Gasteiger partial charge in [-0.1, -0.05) is 12.1 Å². The van der Waals surface area contributed by atoms with Crippen LogP contribution in [-0.2, 0) is 0 Å². The molecule has 0 saturated heterocycles. The lowest BCUT2D eigenvalue weighted by Gasteiger charge is -2.14. The second kappa shape index (κ2) is 5.92. The van der Waals surface area contributed by atoms with E-state index >= 15 is 0 Å². The number of ether oxygens (including phenoxy) is 1. The number of hydrogen-bond donors (Lipinski definition) is 1. The first-order chi connectivity index (χ1) is 9.52. The van der Waals surface area contributed by atoms with Crippen molar-refractivity contribution in [1.29, 1.82) is 0 Å². The lowest BCUT2D eigenvalue weighted by Crippen LogP contribution is -2.14. The summed E-state index contributed by atoms with van der Waals surface area (Å²) >= 11 is 0. The summed E-state index contributed by atoms with van der Waals surface area (Å²) in [4.78, 5) is 0. The fourth-order valence-corrected chi connectivity index (χ4v) is 1.82. The van der Waals surface area contributed by atoms with Crippen LogP contribution in [0.2, 0.25) is 0 Å². The Hall–Kier alpha value is -2.08. The highest BCUT2D eigenvalue weighted by Gasteiger charge is 2.16. The van der Waals surface area contributed by atoms with Crippen LogP contribution in [0.4, 0.5) is 17.6 Å². The molecule has 1 atom stereocenters. The average Bonchev–Trinajstić information content (AvgIpc) is 2.40. The summed E-state index contributed by atoms with van der Waals surface area (Å²) in [6, 6.07) is 5.61. The molecule has 20 heavy (non-hydrogen) atoms. The van der Waals surface area contributed by atoms with Gasteiger partial charge in [-0.2, -0.15) is 0 Å². The fourth-order valence-electron chi connectivity index (χ4n) is 1.82. The van der Waals surface area contributed by atoms with Crippen molar-refractivity contribution in [3.8, 4) is 5.75 Å². The molecule has 106 valence electrons. The third-order valence-corrected chi connectivity index (χ3v) is 2.82. The second-order valence-electron chi connectivity index (χ2n) is 4.09. The first-order valence-corrected chi connectivity index (χ1v) is 5.71. The normalized spacial score (nSPS) is 12.2. The quantitative estimate of drug-likeness (QED) is 0.873. The Kier molecular flexibility index (Phi) is 4.24. The van der Waals surface area contributed by atoms with Gasteiger partial charge < -0.3 is 10.5 Å². The standard InChI is InChI=1S/C14H11F4NO/c15-7-20-13-4-1-8(5-12(13)18)14(19)10-3-2-9(16)6-11(10)17/h1-6,14H,7,19H2. The van der Waals surface area contributed by atoms with Crippen LogP contribution in [0, 0.1) is 17.5 Å². The zero-order valence-electron chi connectivity index (χ0n) is 10.2. The minimum absolute atomic E-state index is 0.0324. The smallest absolute Gasteiger partial charge is 0.228 e. The van der Waals surface area contributed by atoms with E-state index in [1.165, 1.54) is 18.2 Å². The van der Waals surface area contributed by atoms with Crippen molar-refractivity contribution in [2.45, 2.75) is 6.04 Å². The van der Waals surface area contributed by atoms with Gasteiger partial charge in [0, 0.05) is 11.6 Å². The van der Waals surface area contributed by atoms with Crippen LogP contribution < -0.4 is 10.5 Å². The lowest BCUT2D eigenvalue weighted by molar-refractivity contribution is 0.184. The zero-order chi connectivity index (χ0) is 14.7. The zero-order valence-corrected chi connectivity index (χ0v) is 10.2. The van der Waals surface area contributed by atoms with Crippen molar-refractivity contribution in [2.75, 3.05) is 6.86 Å². The van der Waals surface area contributed by atoms with Crippen molar-refractivity contribution >= 4 is 0 Å². The molecule has 0 amide bonds. The maximum absolute atomic E-state index is 13.6. The Labute approximate surface area is 112 Å². The molecule has 2 aromatic rings. The number of nitrogens with two attached hydrogens (primary N) is 1. The summed E-state index contributed by atoms with van der Waals surface area (Å²) < 4.78 is 56.4. The molecular weight excluding hydrogens is 274 g/mol. The predicted octanol–water partition coefficient (Wildman–Crippen LogP) is 3.46. The Bertz CT molecular complexity index is 618. The van der Waals surface area contributed by atoms with E-state index in [2.05, 4.69) is 4.74 Å². The molecule has 0 bridgehead atoms. The molecule has 0 aromatic heterocycles. The van der Waals surface area contributed by atoms with Gasteiger partial charge in [-0.05, 0) is 23.8 Å². The second-order valence-corrected chi connectivity index (χ2v) is 4.09. The molecule has 6 heteroatoms. The van der Waals surface area contributed by atoms with Crippen LogP contribution in [0.25, 0.3) is 0 Å². The molecule has 2 nitrogen and oxygen atoms in total. The van der Waals surface area contributed by atoms with Crippen molar-refractivity contribution < 1.29 is 22.3 Å². The minimum atomic E-state index is -1.16. The summed E-state index contributed by atoms with van der Waals surface area (Å²) in [5, 5.41) is 0. The molecule has 2 rings (SSSR count). The number of halogens is 4. The van der Waals surface area contributed by atoms with Crippen LogP contribution in [0.15, 0.2) is 36.4 Å². The third-order valence-electron chi connectivity index (χ3n) is 2.82. The summed E-state index contributed by atoms with van der Waals surface area (Å²) in [6.07, 6.45) is 0. The maximum atomic E-state index is 13.6. The molecule has 0 saturated carbocycles. The number of benzene rings is 2. The maximum Gasteiger partial charge on any atom is 0.228 e. The van der Waals surface area contributed by atoms with E-state index in [0.29, 0.717) is 6.07 Å². The van der Waals surface area contributed by atoms with Gasteiger partial charge in [-0.3, -0.25) is 0 Å². The van der Waals surface area contributed by atoms with Gasteiger partial charge in [-0.25, -0.2) is 17.6 Å². The summed E-state index contributed by atoms with van der Waals surface area (Å²) in [5.74, 6) is -2.61. The highest BCUT2D eigenvalue weighted by Crippen LogP contribution is 2.26. The summed E-state index contributed by atoms with van der Waals surface area (Å²) in [5.41, 5.74) is 6.11. The van der Waals surface area contributed by atoms with Crippen LogP contribution in [0.3, 0.4) is 0 Å². The van der Waals surface area contributed by atoms with Gasteiger partial charge in [0.1, 0.15) is 11.6 Å². The van der Waals surface area contributed by atoms with Crippen molar-refractivity contribution in [3.63, 3.8) is 0 Å². The largest absolute Gasteiger partial charge is 0.460 e. The molecule has 0 spiro atoms. The van der Waals surface area contributed by atoms with Gasteiger partial charge in [0.05, 0.1) is 6.04 Å². The Morgan fingerprint density at radius 1 is 1.00 bits per heavy atom. The van der Waals surface area contributed by atoms with E-state index in [1.807, 2.05) is 0 Å². The molecule has 2 aromatic carbocycles. The van der Waals surface area contributed by atoms with Crippen molar-refractivity contribution in [1.82, 2.24) is 0 Å². The van der Waals surface area contributed by atoms with E-state index in [-0.39, 0.29) is 16.9 Å². The first-order valence-electron chi connectivity index (χ1n) is 5.71. The van der Waals surface area contributed by atoms with Gasteiger partial charge >= 0.3 is 0 Å². The minimum Gasteiger partial charge on any atom is -0.460 e. The van der Waals surface area contributed by atoms with Gasteiger partial charge in [0.2, 0.25) is 6.86 Å². The average molecular weight is 285 g/mol. The molecule has 1 unspecified atom stereocenters. The van der Waals surface area contributed by atoms with Crippen molar-refractivity contribution in [2.24, 2.45) is 5.73 Å². The van der Waals surface area contributed by atoms with E-state index in [1.54, 1.807) is 0 Å². The Balaban J connectivity index is 2.33. The highest BCUT2D eigenvalue weighted by atomic mass is 19.1. The van der Waals surface area contributed by atoms with E-state index < -0.39 is 30.4 Å². The van der Waals surface area contributed by atoms with Crippen molar-refractivity contribution in [3.05, 3.63) is 65.0 Å². The van der Waals surface area contributed by atoms with E-state index in [0.717, 1.165) is 12.1 Å². The van der Waals surface area contributed by atoms with Crippen LogP contribution in [0.1, 0.15) is 17.2 Å². The highest BCUT2D eigenvalue weighted by molar-refractivity contribution is 5.36. The van der Waals surface area contributed by atoms with E-state index in [9.17, 15) is 17.6 Å². The third kappa shape index (κ3) is 2.91. The number of hydrogen-bond acceptors (Lipinski definition) is 2. The van der Waals surface area contributed by atoms with Crippen LogP contribution in [-0.4, -0.2) is 6.86 Å². The Morgan fingerprint density at radius 2 is 1.75 bits per heavy atom. The molecule has 0 aliphatic rings. The Morgan fingerprint density at radius 3 is 2.35 bits per heavy atom. The molecule has 0 fully saturated rings. The molecule has 2 N–H and O–H groups in total. The predicted molar refractivity (Wildman–Crippen MR) is 65.4 cm³/mol. The van der Waals surface area contributed by atoms with Gasteiger partial charge in [0.15, 0.2) is 11.6 Å². The van der Waals surface area contributed by atoms with E-state index in [4.69, 9.17) is 5.73 Å². The fraction of sp³-hybridized carbons (Fsp3) is 0.143. The number of rotatable bonds is 4. The molecule has 0 heterocycles. The molecule has 0 aliphatic heterocycles. The molecule has 0 aliphatic carbocycles. The lowest BCUT2D eigenvalue weighted by atomic mass is 9.99. The first kappa shape index (κ1) is 14.3. The number of alkyl halides is 1. The van der Waals surface area contributed by atoms with Gasteiger partial charge in [0.25, 0.3) is 0 Å². The summed E-state index contributed by atoms with van der Waals surface area (Å²) in [7, 11) is 0. The SMILES string of the molecule is NC(c1ccc(OCF)c(F)c1)c1ccc(F)cc1F. The van der Waals surface area contributed by atoms with Gasteiger partial charge in [-0.15, -0.1) is 0 Å². The monoisotopic (exact) mass is 285 g/mol.